The normalized spacial score (nSPS) is 11.1. The molecule has 1 aromatic rings. The Labute approximate surface area is 126 Å². The van der Waals surface area contributed by atoms with Gasteiger partial charge in [0.25, 0.3) is 0 Å². The largest absolute Gasteiger partial charge is 4.00 e. The fourth-order valence-corrected chi connectivity index (χ4v) is 2.11. The molecular weight excluding hydrogens is 264 g/mol. The van der Waals surface area contributed by atoms with Crippen molar-refractivity contribution in [3.8, 4) is 0 Å². The molecule has 3 nitrogen and oxygen atoms in total. The molecule has 0 spiro atoms. The molecule has 1 aliphatic rings. The number of hydrogen-bond donors (Lipinski definition) is 0. The van der Waals surface area contributed by atoms with Gasteiger partial charge in [0, 0.05) is 0 Å². The molecule has 0 aliphatic heterocycles. The van der Waals surface area contributed by atoms with E-state index in [4.69, 9.17) is 15.3 Å². The average Bonchev–Trinajstić information content (AvgIpc) is 2.88. The minimum Gasteiger partial charge on any atom is -0.857 e. The standard InChI is InChI=1S/C11H15.3CH3O.Ti/c1-2-9-7-8-10-5-3-4-6-11(9)10;3*1-2;/h7-8H,2-6H2,1H3;3*1H3;/q4*-1;+4. The maximum Gasteiger partial charge on any atom is 4.00 e. The Morgan fingerprint density at radius 2 is 1.50 bits per heavy atom. The number of hydrogen-bond acceptors (Lipinski definition) is 3. The number of aryl methyl sites for hydroxylation is 2. The van der Waals surface area contributed by atoms with Crippen molar-refractivity contribution in [1.82, 2.24) is 0 Å². The molecule has 1 aliphatic carbocycles. The van der Waals surface area contributed by atoms with Crippen LogP contribution in [0.3, 0.4) is 0 Å². The van der Waals surface area contributed by atoms with E-state index in [-0.39, 0.29) is 21.7 Å². The summed E-state index contributed by atoms with van der Waals surface area (Å²) in [6, 6.07) is 4.64. The van der Waals surface area contributed by atoms with Crippen LogP contribution in [0.4, 0.5) is 0 Å². The SMILES string of the molecule is CCc1c[cH-]c2c1CCCC2.C[O-].C[O-].C[O-].[Ti+4]. The van der Waals surface area contributed by atoms with E-state index in [0.29, 0.717) is 0 Å². The molecule has 0 saturated heterocycles. The predicted molar refractivity (Wildman–Crippen MR) is 65.8 cm³/mol. The fraction of sp³-hybridized carbons (Fsp3) is 0.643. The Balaban J connectivity index is -0.000000285. The minimum absolute atomic E-state index is 0. The third-order valence-corrected chi connectivity index (χ3v) is 2.76. The van der Waals surface area contributed by atoms with Crippen LogP contribution in [0.2, 0.25) is 0 Å². The Hall–Kier alpha value is -0.0557. The van der Waals surface area contributed by atoms with Crippen LogP contribution in [0.25, 0.3) is 0 Å². The summed E-state index contributed by atoms with van der Waals surface area (Å²) >= 11 is 0. The predicted octanol–water partition coefficient (Wildman–Crippen LogP) is -0.226. The molecule has 0 N–H and O–H groups in total. The second-order valence-electron chi connectivity index (χ2n) is 3.42. The molecule has 0 atom stereocenters. The molecule has 0 unspecified atom stereocenters. The van der Waals surface area contributed by atoms with E-state index in [9.17, 15) is 0 Å². The van der Waals surface area contributed by atoms with Gasteiger partial charge in [-0.2, -0.15) is 50.2 Å². The monoisotopic (exact) mass is 288 g/mol. The van der Waals surface area contributed by atoms with Crippen LogP contribution < -0.4 is 15.3 Å². The maximum absolute atomic E-state index is 8.25. The quantitative estimate of drug-likeness (QED) is 0.529. The van der Waals surface area contributed by atoms with E-state index in [0.717, 1.165) is 21.3 Å². The van der Waals surface area contributed by atoms with E-state index in [2.05, 4.69) is 19.1 Å². The molecule has 0 bridgehead atoms. The molecule has 0 aromatic heterocycles. The van der Waals surface area contributed by atoms with Gasteiger partial charge in [0.1, 0.15) is 0 Å². The van der Waals surface area contributed by atoms with Gasteiger partial charge in [-0.1, -0.05) is 39.0 Å². The van der Waals surface area contributed by atoms with Gasteiger partial charge in [0.15, 0.2) is 0 Å². The summed E-state index contributed by atoms with van der Waals surface area (Å²) in [5, 5.41) is 24.8. The van der Waals surface area contributed by atoms with Gasteiger partial charge in [-0.25, -0.2) is 0 Å². The summed E-state index contributed by atoms with van der Waals surface area (Å²) in [5.41, 5.74) is 4.91. The summed E-state index contributed by atoms with van der Waals surface area (Å²) in [6.45, 7) is 2.25. The molecule has 18 heavy (non-hydrogen) atoms. The van der Waals surface area contributed by atoms with Crippen LogP contribution in [-0.4, -0.2) is 21.3 Å². The van der Waals surface area contributed by atoms with Gasteiger partial charge in [-0.3, -0.25) is 0 Å². The van der Waals surface area contributed by atoms with Crippen molar-refractivity contribution >= 4 is 0 Å². The van der Waals surface area contributed by atoms with Gasteiger partial charge >= 0.3 is 21.7 Å². The van der Waals surface area contributed by atoms with E-state index in [1.54, 1.807) is 16.7 Å². The van der Waals surface area contributed by atoms with Crippen molar-refractivity contribution in [3.05, 3.63) is 28.8 Å². The van der Waals surface area contributed by atoms with Crippen LogP contribution in [0.1, 0.15) is 36.5 Å². The minimum atomic E-state index is 0. The van der Waals surface area contributed by atoms with Crippen molar-refractivity contribution in [1.29, 1.82) is 0 Å². The molecular formula is C14H24O3Ti. The molecule has 0 radical (unpaired) electrons. The second kappa shape index (κ2) is 16.9. The summed E-state index contributed by atoms with van der Waals surface area (Å²) in [6.07, 6.45) is 6.69. The van der Waals surface area contributed by atoms with Gasteiger partial charge in [-0.05, 0) is 0 Å². The van der Waals surface area contributed by atoms with Crippen LogP contribution in [0.5, 0.6) is 0 Å². The Kier molecular flexibility index (Phi) is 21.7. The molecule has 1 aromatic carbocycles. The van der Waals surface area contributed by atoms with Crippen molar-refractivity contribution < 1.29 is 37.0 Å². The van der Waals surface area contributed by atoms with E-state index in [1.807, 2.05) is 0 Å². The molecule has 0 fully saturated rings. The average molecular weight is 288 g/mol. The Morgan fingerprint density at radius 1 is 1.00 bits per heavy atom. The van der Waals surface area contributed by atoms with Crippen molar-refractivity contribution in [2.45, 2.75) is 39.0 Å². The fourth-order valence-electron chi connectivity index (χ4n) is 2.11. The first-order valence-corrected chi connectivity index (χ1v) is 5.90. The van der Waals surface area contributed by atoms with E-state index < -0.39 is 0 Å². The van der Waals surface area contributed by atoms with Crippen LogP contribution >= 0.6 is 0 Å². The molecule has 4 heteroatoms. The Morgan fingerprint density at radius 3 is 2.00 bits per heavy atom. The van der Waals surface area contributed by atoms with Crippen molar-refractivity contribution in [3.63, 3.8) is 0 Å². The molecule has 0 saturated carbocycles. The zero-order chi connectivity index (χ0) is 13.7. The first kappa shape index (κ1) is 23.1. The van der Waals surface area contributed by atoms with Gasteiger partial charge in [0.2, 0.25) is 0 Å². The summed E-state index contributed by atoms with van der Waals surface area (Å²) < 4.78 is 0. The van der Waals surface area contributed by atoms with Crippen molar-refractivity contribution in [2.75, 3.05) is 21.3 Å². The zero-order valence-electron chi connectivity index (χ0n) is 11.9. The van der Waals surface area contributed by atoms with E-state index >= 15 is 0 Å². The summed E-state index contributed by atoms with van der Waals surface area (Å²) in [5.74, 6) is 0. The third-order valence-electron chi connectivity index (χ3n) is 2.76. The first-order chi connectivity index (χ1) is 8.42. The topological polar surface area (TPSA) is 69.2 Å². The summed E-state index contributed by atoms with van der Waals surface area (Å²) in [4.78, 5) is 0. The number of rotatable bonds is 1. The van der Waals surface area contributed by atoms with Crippen LogP contribution in [0.15, 0.2) is 12.1 Å². The summed E-state index contributed by atoms with van der Waals surface area (Å²) in [7, 11) is 2.25. The molecule has 2 rings (SSSR count). The first-order valence-electron chi connectivity index (χ1n) is 5.90. The zero-order valence-corrected chi connectivity index (χ0v) is 13.5. The molecule has 0 heterocycles. The van der Waals surface area contributed by atoms with Gasteiger partial charge in [-0.15, -0.1) is 0 Å². The van der Waals surface area contributed by atoms with Gasteiger partial charge in [0.05, 0.1) is 0 Å². The van der Waals surface area contributed by atoms with Crippen molar-refractivity contribution in [2.24, 2.45) is 0 Å². The van der Waals surface area contributed by atoms with Gasteiger partial charge < -0.3 is 15.3 Å². The maximum atomic E-state index is 8.25. The molecule has 0 amide bonds. The third kappa shape index (κ3) is 7.39. The smallest absolute Gasteiger partial charge is 0.857 e. The molecule has 102 valence electrons. The van der Waals surface area contributed by atoms with E-state index in [1.165, 1.54) is 32.1 Å². The number of fused-ring (bicyclic) bond motifs is 1. The Bertz CT molecular complexity index is 246. The van der Waals surface area contributed by atoms with Crippen LogP contribution in [-0.2, 0) is 41.0 Å². The second-order valence-corrected chi connectivity index (χ2v) is 3.42. The van der Waals surface area contributed by atoms with Crippen LogP contribution in [0, 0.1) is 0 Å².